The van der Waals surface area contributed by atoms with Gasteiger partial charge in [-0.2, -0.15) is 0 Å². The summed E-state index contributed by atoms with van der Waals surface area (Å²) in [5.41, 5.74) is 4.87. The van der Waals surface area contributed by atoms with E-state index in [0.29, 0.717) is 28.0 Å². The zero-order chi connectivity index (χ0) is 25.3. The number of β-lactam (4-membered cyclic amide) rings is 1. The highest BCUT2D eigenvalue weighted by molar-refractivity contribution is 8.18. The van der Waals surface area contributed by atoms with E-state index in [4.69, 9.17) is 17.3 Å². The Balaban J connectivity index is 1.43. The Bertz CT molecular complexity index is 1250. The lowest BCUT2D eigenvalue weighted by Gasteiger charge is -2.50. The predicted molar refractivity (Wildman–Crippen MR) is 134 cm³/mol. The summed E-state index contributed by atoms with van der Waals surface area (Å²) in [6, 6.07) is -1.53. The maximum absolute atomic E-state index is 12.9. The number of allylic oxidation sites excluding steroid dienone is 1. The van der Waals surface area contributed by atoms with Crippen molar-refractivity contribution in [2.75, 3.05) is 23.2 Å². The van der Waals surface area contributed by atoms with Crippen molar-refractivity contribution in [3.05, 3.63) is 20.6 Å². The van der Waals surface area contributed by atoms with E-state index in [1.165, 1.54) is 39.8 Å². The summed E-state index contributed by atoms with van der Waals surface area (Å²) < 4.78 is 0.787. The number of thiazole rings is 1. The van der Waals surface area contributed by atoms with Crippen molar-refractivity contribution in [3.63, 3.8) is 0 Å². The normalized spacial score (nSPS) is 19.9. The molecule has 6 N–H and O–H groups in total. The van der Waals surface area contributed by atoms with E-state index in [9.17, 15) is 24.7 Å². The Morgan fingerprint density at radius 3 is 2.71 bits per heavy atom. The van der Waals surface area contributed by atoms with E-state index < -0.39 is 35.6 Å². The number of halogens is 1. The third kappa shape index (κ3) is 5.04. The van der Waals surface area contributed by atoms with Gasteiger partial charge in [0.15, 0.2) is 15.2 Å². The van der Waals surface area contributed by atoms with Crippen molar-refractivity contribution < 1.29 is 24.7 Å². The Morgan fingerprint density at radius 2 is 2.11 bits per heavy atom. The molecule has 35 heavy (non-hydrogen) atoms. The molecule has 4 rings (SSSR count). The van der Waals surface area contributed by atoms with Gasteiger partial charge in [-0.15, -0.1) is 22.0 Å². The average molecular weight is 577 g/mol. The molecule has 1 fully saturated rings. The molecule has 0 spiro atoms. The number of amides is 2. The van der Waals surface area contributed by atoms with E-state index >= 15 is 0 Å². The van der Waals surface area contributed by atoms with Gasteiger partial charge in [-0.3, -0.25) is 14.5 Å². The number of carbonyl (C=O) groups excluding carboxylic acids is 2. The van der Waals surface area contributed by atoms with Gasteiger partial charge in [-0.1, -0.05) is 51.2 Å². The van der Waals surface area contributed by atoms with Crippen molar-refractivity contribution in [2.24, 2.45) is 5.16 Å². The van der Waals surface area contributed by atoms with Gasteiger partial charge in [-0.25, -0.2) is 9.78 Å². The van der Waals surface area contributed by atoms with Crippen LogP contribution in [0.4, 0.5) is 10.3 Å². The number of hydrogen-bond acceptors (Lipinski definition) is 14. The third-order valence-corrected chi connectivity index (χ3v) is 9.50. The van der Waals surface area contributed by atoms with Gasteiger partial charge >= 0.3 is 5.97 Å². The fourth-order valence-corrected chi connectivity index (χ4v) is 7.72. The highest BCUT2D eigenvalue weighted by Crippen LogP contribution is 2.42. The van der Waals surface area contributed by atoms with Crippen LogP contribution in [-0.4, -0.2) is 78.1 Å². The van der Waals surface area contributed by atoms with Gasteiger partial charge in [0, 0.05) is 12.0 Å². The number of nitrogens with one attached hydrogen (secondary N) is 2. The summed E-state index contributed by atoms with van der Waals surface area (Å²) in [5, 5.41) is 36.7. The molecular formula is C17H17ClN8O5S4. The summed E-state index contributed by atoms with van der Waals surface area (Å²) in [6.07, 6.45) is 0.861. The highest BCUT2D eigenvalue weighted by Gasteiger charge is 2.53. The minimum absolute atomic E-state index is 0.0519. The van der Waals surface area contributed by atoms with Crippen LogP contribution >= 0.6 is 57.8 Å². The Kier molecular flexibility index (Phi) is 7.70. The molecule has 2 amide bonds. The van der Waals surface area contributed by atoms with Crippen LogP contribution in [0, 0.1) is 0 Å². The Hall–Kier alpha value is -2.60. The van der Waals surface area contributed by atoms with E-state index in [0.717, 1.165) is 15.7 Å². The summed E-state index contributed by atoms with van der Waals surface area (Å²) in [6.45, 7) is 0. The molecule has 2 aromatic rings. The second-order valence-corrected chi connectivity index (χ2v) is 12.3. The van der Waals surface area contributed by atoms with Crippen LogP contribution in [0.2, 0.25) is 4.34 Å². The molecule has 2 atom stereocenters. The molecular weight excluding hydrogens is 560 g/mol. The summed E-state index contributed by atoms with van der Waals surface area (Å²) in [4.78, 5) is 43.2. The monoisotopic (exact) mass is 576 g/mol. The second kappa shape index (κ2) is 10.6. The molecule has 0 bridgehead atoms. The fourth-order valence-electron chi connectivity index (χ4n) is 3.56. The topological polar surface area (TPSA) is 196 Å². The number of carboxylic acid groups (broad SMARTS) is 1. The number of carboxylic acids is 1. The molecule has 0 radical (unpaired) electrons. The van der Waals surface area contributed by atoms with Gasteiger partial charge in [0.25, 0.3) is 11.8 Å². The number of oxime groups is 1. The first kappa shape index (κ1) is 25.5. The number of aromatic nitrogens is 3. The molecule has 18 heteroatoms. The quantitative estimate of drug-likeness (QED) is 0.0724. The minimum atomic E-state index is -1.23. The molecule has 186 valence electrons. The molecule has 4 heterocycles. The van der Waals surface area contributed by atoms with E-state index in [-0.39, 0.29) is 20.9 Å². The van der Waals surface area contributed by atoms with Crippen molar-refractivity contribution in [1.82, 2.24) is 25.4 Å². The van der Waals surface area contributed by atoms with Crippen LogP contribution in [0.5, 0.6) is 0 Å². The highest BCUT2D eigenvalue weighted by atomic mass is 35.5. The molecule has 2 aliphatic heterocycles. The van der Waals surface area contributed by atoms with Crippen LogP contribution in [0.15, 0.2) is 20.1 Å². The van der Waals surface area contributed by atoms with E-state index in [1.54, 1.807) is 7.05 Å². The summed E-state index contributed by atoms with van der Waals surface area (Å²) >= 11 is 11.0. The zero-order valence-corrected chi connectivity index (χ0v) is 21.7. The number of hydrogen-bond donors (Lipinski definition) is 5. The number of anilines is 2. The Morgan fingerprint density at radius 1 is 1.34 bits per heavy atom. The molecule has 0 saturated carbocycles. The predicted octanol–water partition coefficient (Wildman–Crippen LogP) is 1.72. The van der Waals surface area contributed by atoms with Gasteiger partial charge < -0.3 is 26.7 Å². The summed E-state index contributed by atoms with van der Waals surface area (Å²) in [7, 11) is 1.74. The lowest BCUT2D eigenvalue weighted by atomic mass is 9.86. The SMILES string of the molecule is CNc1nnc(SCSC2=C(C(=O)O)N3C(=O)[C@@H](NC(=O)/C(=N\O)c4nc(N)sc4Cl)[C@H]3CC2)s1. The lowest BCUT2D eigenvalue weighted by Crippen LogP contribution is -2.72. The number of nitrogen functional groups attached to an aromatic ring is 1. The van der Waals surface area contributed by atoms with Crippen LogP contribution in [0.3, 0.4) is 0 Å². The third-order valence-electron chi connectivity index (χ3n) is 5.06. The number of nitrogens with zero attached hydrogens (tertiary/aromatic N) is 5. The molecule has 0 unspecified atom stereocenters. The van der Waals surface area contributed by atoms with Crippen molar-refractivity contribution in [1.29, 1.82) is 0 Å². The number of fused-ring (bicyclic) bond motifs is 1. The van der Waals surface area contributed by atoms with Crippen LogP contribution < -0.4 is 16.4 Å². The standard InChI is InChI=1S/C17H17ClN8O5S4/c1-20-16-23-24-17(35-16)33-4-32-6-3-2-5-7(13(28)26(5)10(6)14(29)30)21-12(27)9(25-31)8-11(18)34-15(19)22-8/h5,7,31H,2-4H2,1H3,(H2,19,22)(H,20,23)(H,21,27)(H,29,30)/b25-9-/t5-,7+/m1/s1. The van der Waals surface area contributed by atoms with Crippen LogP contribution in [-0.2, 0) is 14.4 Å². The van der Waals surface area contributed by atoms with Crippen LogP contribution in [0.1, 0.15) is 18.5 Å². The first-order chi connectivity index (χ1) is 16.7. The van der Waals surface area contributed by atoms with Gasteiger partial charge in [-0.05, 0) is 12.8 Å². The lowest BCUT2D eigenvalue weighted by molar-refractivity contribution is -0.155. The van der Waals surface area contributed by atoms with Crippen molar-refractivity contribution in [2.45, 2.75) is 29.3 Å². The average Bonchev–Trinajstić information content (AvgIpc) is 3.42. The molecule has 1 saturated heterocycles. The van der Waals surface area contributed by atoms with Gasteiger partial charge in [0.2, 0.25) is 5.13 Å². The molecule has 2 aliphatic rings. The Labute approximate surface area is 219 Å². The number of nitrogens with two attached hydrogens (primary N) is 1. The maximum Gasteiger partial charge on any atom is 0.353 e. The second-order valence-electron chi connectivity index (χ2n) is 7.00. The van der Waals surface area contributed by atoms with E-state index in [2.05, 4.69) is 31.0 Å². The first-order valence-electron chi connectivity index (χ1n) is 9.76. The van der Waals surface area contributed by atoms with E-state index in [1.807, 2.05) is 0 Å². The molecule has 0 aromatic carbocycles. The smallest absolute Gasteiger partial charge is 0.353 e. The zero-order valence-electron chi connectivity index (χ0n) is 17.7. The number of rotatable bonds is 9. The van der Waals surface area contributed by atoms with Crippen molar-refractivity contribution in [3.8, 4) is 0 Å². The largest absolute Gasteiger partial charge is 0.477 e. The van der Waals surface area contributed by atoms with Gasteiger partial charge in [0.1, 0.15) is 21.8 Å². The first-order valence-corrected chi connectivity index (χ1v) is 13.7. The molecule has 13 nitrogen and oxygen atoms in total. The summed E-state index contributed by atoms with van der Waals surface area (Å²) in [5.74, 6) is -2.68. The molecule has 0 aliphatic carbocycles. The van der Waals surface area contributed by atoms with Crippen LogP contribution in [0.25, 0.3) is 0 Å². The maximum atomic E-state index is 12.9. The number of aliphatic carboxylic acids is 1. The van der Waals surface area contributed by atoms with Crippen molar-refractivity contribution >= 4 is 91.6 Å². The molecule has 2 aromatic heterocycles. The minimum Gasteiger partial charge on any atom is -0.477 e. The number of carbonyl (C=O) groups is 3. The number of thioether (sulfide) groups is 2. The fraction of sp³-hybridized carbons (Fsp3) is 0.353. The van der Waals surface area contributed by atoms with Gasteiger partial charge in [0.05, 0.1) is 11.1 Å².